The van der Waals surface area contributed by atoms with Crippen LogP contribution in [0.3, 0.4) is 0 Å². The van der Waals surface area contributed by atoms with Crippen LogP contribution in [-0.2, 0) is 0 Å². The molecule has 2 aromatic carbocycles. The molecule has 7 nitrogen and oxygen atoms in total. The van der Waals surface area contributed by atoms with Gasteiger partial charge in [0, 0.05) is 6.54 Å². The highest BCUT2D eigenvalue weighted by atomic mass is 19.1. The van der Waals surface area contributed by atoms with E-state index in [1.165, 1.54) is 32.6 Å². The van der Waals surface area contributed by atoms with Gasteiger partial charge in [0.25, 0.3) is 5.91 Å². The number of carbonyl (C=O) groups is 1. The van der Waals surface area contributed by atoms with Crippen molar-refractivity contribution < 1.29 is 33.1 Å². The molecular formula is C25H23BFNO6. The average molecular weight is 463 g/mol. The second-order valence-corrected chi connectivity index (χ2v) is 7.72. The molecule has 3 N–H and O–H groups in total. The van der Waals surface area contributed by atoms with Crippen LogP contribution < -0.4 is 20.3 Å². The molecular weight excluding hydrogens is 440 g/mol. The molecule has 4 rings (SSSR count). The lowest BCUT2D eigenvalue weighted by atomic mass is 9.78. The normalized spacial score (nSPS) is 13.8. The van der Waals surface area contributed by atoms with E-state index in [1.54, 1.807) is 30.3 Å². The summed E-state index contributed by atoms with van der Waals surface area (Å²) in [5, 5.41) is 22.3. The zero-order valence-corrected chi connectivity index (χ0v) is 18.9. The first kappa shape index (κ1) is 23.3. The highest BCUT2D eigenvalue weighted by Crippen LogP contribution is 2.42. The third-order valence-corrected chi connectivity index (χ3v) is 5.76. The smallest absolute Gasteiger partial charge is 0.496 e. The maximum absolute atomic E-state index is 14.1. The summed E-state index contributed by atoms with van der Waals surface area (Å²) in [6.07, 6.45) is 3.30. The first-order valence-electron chi connectivity index (χ1n) is 10.5. The fourth-order valence-corrected chi connectivity index (χ4v) is 4.11. The van der Waals surface area contributed by atoms with Crippen LogP contribution in [0.1, 0.15) is 34.2 Å². The van der Waals surface area contributed by atoms with E-state index in [0.717, 1.165) is 22.3 Å². The van der Waals surface area contributed by atoms with Crippen LogP contribution in [0.2, 0.25) is 0 Å². The summed E-state index contributed by atoms with van der Waals surface area (Å²) in [5.74, 6) is -0.0467. The molecule has 174 valence electrons. The van der Waals surface area contributed by atoms with Gasteiger partial charge in [-0.1, -0.05) is 6.07 Å². The van der Waals surface area contributed by atoms with Crippen LogP contribution in [0.25, 0.3) is 17.2 Å². The Kier molecular flexibility index (Phi) is 6.58. The molecule has 0 unspecified atom stereocenters. The van der Waals surface area contributed by atoms with Crippen molar-refractivity contribution in [2.24, 2.45) is 0 Å². The fourth-order valence-electron chi connectivity index (χ4n) is 4.11. The monoisotopic (exact) mass is 463 g/mol. The Labute approximate surface area is 196 Å². The number of methoxy groups -OCH3 is 2. The Morgan fingerprint density at radius 1 is 1.12 bits per heavy atom. The highest BCUT2D eigenvalue weighted by Gasteiger charge is 2.27. The lowest BCUT2D eigenvalue weighted by Gasteiger charge is -2.14. The molecule has 0 radical (unpaired) electrons. The Morgan fingerprint density at radius 2 is 1.82 bits per heavy atom. The van der Waals surface area contributed by atoms with Gasteiger partial charge >= 0.3 is 7.12 Å². The standard InChI is InChI=1S/C25H23BFNO6/c1-14-18(9-15-10-22(32-2)24(26(30)31)23(11-15)33-3)17-7-6-16(27)12-19(17)20(14)13-28-25(29)21-5-4-8-34-21/h4-12,30-31H,13H2,1-3H3,(H,28,29)/b18-9-. The Bertz CT molecular complexity index is 1270. The van der Waals surface area contributed by atoms with Crippen molar-refractivity contribution in [1.29, 1.82) is 0 Å². The minimum absolute atomic E-state index is 0.120. The van der Waals surface area contributed by atoms with Crippen LogP contribution in [0, 0.1) is 5.82 Å². The zero-order chi connectivity index (χ0) is 24.4. The molecule has 0 bridgehead atoms. The third-order valence-electron chi connectivity index (χ3n) is 5.76. The molecule has 0 saturated carbocycles. The van der Waals surface area contributed by atoms with Gasteiger partial charge < -0.3 is 29.3 Å². The SMILES string of the molecule is COc1cc(/C=C2/C(C)=C(CNC(=O)c3ccco3)c3cc(F)ccc32)cc(OC)c1B(O)O. The summed E-state index contributed by atoms with van der Waals surface area (Å²) < 4.78 is 29.9. The minimum Gasteiger partial charge on any atom is -0.497 e. The van der Waals surface area contributed by atoms with Gasteiger partial charge in [-0.25, -0.2) is 4.39 Å². The minimum atomic E-state index is -1.77. The predicted octanol–water partition coefficient (Wildman–Crippen LogP) is 2.87. The first-order valence-corrected chi connectivity index (χ1v) is 10.5. The summed E-state index contributed by atoms with van der Waals surface area (Å²) in [7, 11) is 1.08. The summed E-state index contributed by atoms with van der Waals surface area (Å²) in [4.78, 5) is 12.4. The van der Waals surface area contributed by atoms with Crippen LogP contribution in [0.5, 0.6) is 11.5 Å². The van der Waals surface area contributed by atoms with Gasteiger partial charge in [0.1, 0.15) is 17.3 Å². The number of fused-ring (bicyclic) bond motifs is 1. The van der Waals surface area contributed by atoms with E-state index in [4.69, 9.17) is 13.9 Å². The van der Waals surface area contributed by atoms with Crippen molar-refractivity contribution in [3.63, 3.8) is 0 Å². The molecule has 1 heterocycles. The van der Waals surface area contributed by atoms with E-state index in [1.807, 2.05) is 13.0 Å². The Morgan fingerprint density at radius 3 is 2.41 bits per heavy atom. The molecule has 1 aromatic heterocycles. The lowest BCUT2D eigenvalue weighted by molar-refractivity contribution is 0.0931. The number of rotatable bonds is 7. The molecule has 0 atom stereocenters. The van der Waals surface area contributed by atoms with Crippen LogP contribution in [-0.4, -0.2) is 43.8 Å². The summed E-state index contributed by atoms with van der Waals surface area (Å²) in [6, 6.07) is 11.1. The summed E-state index contributed by atoms with van der Waals surface area (Å²) >= 11 is 0. The molecule has 1 amide bonds. The number of hydrogen-bond donors (Lipinski definition) is 3. The molecule has 0 fully saturated rings. The van der Waals surface area contributed by atoms with Gasteiger partial charge in [-0.3, -0.25) is 4.79 Å². The van der Waals surface area contributed by atoms with Crippen molar-refractivity contribution in [3.8, 4) is 11.5 Å². The van der Waals surface area contributed by atoms with E-state index < -0.39 is 7.12 Å². The predicted molar refractivity (Wildman–Crippen MR) is 127 cm³/mol. The molecule has 1 aliphatic rings. The fraction of sp³-hybridized carbons (Fsp3) is 0.160. The van der Waals surface area contributed by atoms with E-state index in [2.05, 4.69) is 5.32 Å². The molecule has 1 aliphatic carbocycles. The molecule has 34 heavy (non-hydrogen) atoms. The number of hydrogen-bond acceptors (Lipinski definition) is 6. The van der Waals surface area contributed by atoms with Crippen molar-refractivity contribution in [2.75, 3.05) is 20.8 Å². The third kappa shape index (κ3) is 4.35. The second kappa shape index (κ2) is 9.58. The number of carbonyl (C=O) groups excluding carboxylic acids is 1. The first-order chi connectivity index (χ1) is 16.3. The molecule has 9 heteroatoms. The van der Waals surface area contributed by atoms with Crippen molar-refractivity contribution in [3.05, 3.63) is 82.6 Å². The van der Waals surface area contributed by atoms with Gasteiger partial charge in [0.15, 0.2) is 5.76 Å². The lowest BCUT2D eigenvalue weighted by Crippen LogP contribution is -2.32. The highest BCUT2D eigenvalue weighted by molar-refractivity contribution is 6.61. The molecule has 0 saturated heterocycles. The van der Waals surface area contributed by atoms with E-state index in [9.17, 15) is 19.2 Å². The number of benzene rings is 2. The van der Waals surface area contributed by atoms with Crippen molar-refractivity contribution >= 4 is 35.7 Å². The largest absolute Gasteiger partial charge is 0.497 e. The van der Waals surface area contributed by atoms with E-state index in [-0.39, 0.29) is 41.0 Å². The Hall–Kier alpha value is -3.82. The molecule has 0 aliphatic heterocycles. The number of amides is 1. The average Bonchev–Trinajstić information content (AvgIpc) is 3.44. The molecule has 3 aromatic rings. The Balaban J connectivity index is 1.76. The number of nitrogens with one attached hydrogen (secondary N) is 1. The van der Waals surface area contributed by atoms with E-state index >= 15 is 0 Å². The maximum atomic E-state index is 14.1. The zero-order valence-electron chi connectivity index (χ0n) is 18.9. The quantitative estimate of drug-likeness (QED) is 0.466. The van der Waals surface area contributed by atoms with Crippen molar-refractivity contribution in [2.45, 2.75) is 6.92 Å². The summed E-state index contributed by atoms with van der Waals surface area (Å²) in [6.45, 7) is 2.08. The topological polar surface area (TPSA) is 101 Å². The number of halogens is 1. The maximum Gasteiger partial charge on any atom is 0.496 e. The van der Waals surface area contributed by atoms with Crippen LogP contribution in [0.4, 0.5) is 4.39 Å². The van der Waals surface area contributed by atoms with E-state index in [0.29, 0.717) is 11.1 Å². The van der Waals surface area contributed by atoms with Gasteiger partial charge in [0.2, 0.25) is 0 Å². The molecule has 0 spiro atoms. The van der Waals surface area contributed by atoms with Gasteiger partial charge in [-0.2, -0.15) is 0 Å². The van der Waals surface area contributed by atoms with Gasteiger partial charge in [-0.15, -0.1) is 0 Å². The second-order valence-electron chi connectivity index (χ2n) is 7.72. The van der Waals surface area contributed by atoms with Crippen LogP contribution >= 0.6 is 0 Å². The van der Waals surface area contributed by atoms with Crippen molar-refractivity contribution in [1.82, 2.24) is 5.32 Å². The van der Waals surface area contributed by atoms with Crippen LogP contribution in [0.15, 0.2) is 58.7 Å². The summed E-state index contributed by atoms with van der Waals surface area (Å²) in [5.41, 5.74) is 4.78. The number of allylic oxidation sites excluding steroid dienone is 2. The van der Waals surface area contributed by atoms with Gasteiger partial charge in [-0.05, 0) is 82.8 Å². The number of furan rings is 1. The van der Waals surface area contributed by atoms with Gasteiger partial charge in [0.05, 0.1) is 25.9 Å². The number of ether oxygens (including phenoxy) is 2.